The summed E-state index contributed by atoms with van der Waals surface area (Å²) in [5.74, 6) is -0.716. The summed E-state index contributed by atoms with van der Waals surface area (Å²) in [4.78, 5) is 19.3. The van der Waals surface area contributed by atoms with E-state index in [4.69, 9.17) is 19.7 Å². The van der Waals surface area contributed by atoms with Crippen molar-refractivity contribution in [2.24, 2.45) is 0 Å². The van der Waals surface area contributed by atoms with E-state index in [0.717, 1.165) is 22.8 Å². The number of hydrogen-bond acceptors (Lipinski definition) is 5. The first-order valence-corrected chi connectivity index (χ1v) is 10.4. The number of hydrogen-bond donors (Lipinski definition) is 3. The molecule has 2 aromatic carbocycles. The molecule has 0 aromatic heterocycles. The van der Waals surface area contributed by atoms with E-state index < -0.39 is 18.1 Å². The van der Waals surface area contributed by atoms with E-state index in [2.05, 4.69) is 29.6 Å². The van der Waals surface area contributed by atoms with Crippen LogP contribution in [0, 0.1) is 0 Å². The number of carboxylic acids is 2. The molecule has 0 amide bonds. The van der Waals surface area contributed by atoms with Crippen molar-refractivity contribution in [1.29, 1.82) is 0 Å². The molecule has 0 spiro atoms. The number of nitrogens with one attached hydrogen (secondary N) is 1. The summed E-state index contributed by atoms with van der Waals surface area (Å²) in [6.07, 6.45) is -4.94. The van der Waals surface area contributed by atoms with Crippen LogP contribution in [0.1, 0.15) is 17.5 Å². The predicted octanol–water partition coefficient (Wildman–Crippen LogP) is 4.20. The maximum absolute atomic E-state index is 10.6. The molecule has 0 aliphatic rings. The van der Waals surface area contributed by atoms with Gasteiger partial charge in [0.25, 0.3) is 0 Å². The fourth-order valence-electron chi connectivity index (χ4n) is 2.11. The minimum absolute atomic E-state index is 0.141. The molecule has 0 heterocycles. The van der Waals surface area contributed by atoms with Crippen molar-refractivity contribution in [3.8, 4) is 5.75 Å². The number of benzene rings is 2. The molecule has 2 aromatic rings. The van der Waals surface area contributed by atoms with E-state index in [1.54, 1.807) is 0 Å². The maximum Gasteiger partial charge on any atom is 0.490 e. The maximum atomic E-state index is 10.6. The molecule has 0 saturated heterocycles. The number of halogens is 3. The zero-order valence-corrected chi connectivity index (χ0v) is 17.4. The Labute approximate surface area is 182 Å². The van der Waals surface area contributed by atoms with Crippen LogP contribution in [0.2, 0.25) is 0 Å². The van der Waals surface area contributed by atoms with Gasteiger partial charge in [-0.25, -0.2) is 4.79 Å². The topological polar surface area (TPSA) is 95.9 Å². The van der Waals surface area contributed by atoms with Gasteiger partial charge in [-0.15, -0.1) is 0 Å². The van der Waals surface area contributed by atoms with Gasteiger partial charge in [-0.3, -0.25) is 4.79 Å². The van der Waals surface area contributed by atoms with E-state index in [-0.39, 0.29) is 6.42 Å². The highest BCUT2D eigenvalue weighted by atomic mass is 32.2. The molecule has 0 atom stereocenters. The van der Waals surface area contributed by atoms with Crippen LogP contribution in [0.25, 0.3) is 0 Å². The van der Waals surface area contributed by atoms with Crippen molar-refractivity contribution >= 4 is 23.7 Å². The lowest BCUT2D eigenvalue weighted by molar-refractivity contribution is -0.192. The second kappa shape index (κ2) is 14.3. The molecule has 31 heavy (non-hydrogen) atoms. The molecular formula is C21H24F3NO5S. The first-order valence-electron chi connectivity index (χ1n) is 9.24. The van der Waals surface area contributed by atoms with E-state index in [1.165, 1.54) is 5.56 Å². The summed E-state index contributed by atoms with van der Waals surface area (Å²) in [6, 6.07) is 18.3. The highest BCUT2D eigenvalue weighted by Crippen LogP contribution is 2.15. The molecule has 3 N–H and O–H groups in total. The first-order chi connectivity index (χ1) is 14.7. The largest absolute Gasteiger partial charge is 0.493 e. The molecule has 0 radical (unpaired) electrons. The van der Waals surface area contributed by atoms with Crippen molar-refractivity contribution in [3.05, 3.63) is 65.7 Å². The minimum atomic E-state index is -5.08. The van der Waals surface area contributed by atoms with Crippen LogP contribution in [-0.4, -0.2) is 47.2 Å². The molecule has 0 fully saturated rings. The third-order valence-electron chi connectivity index (χ3n) is 3.62. The Morgan fingerprint density at radius 1 is 0.968 bits per heavy atom. The van der Waals surface area contributed by atoms with Crippen molar-refractivity contribution in [1.82, 2.24) is 5.32 Å². The van der Waals surface area contributed by atoms with Crippen LogP contribution in [-0.2, 0) is 21.9 Å². The summed E-state index contributed by atoms with van der Waals surface area (Å²) < 4.78 is 37.5. The average molecular weight is 459 g/mol. The Balaban J connectivity index is 0.000000592. The van der Waals surface area contributed by atoms with Crippen LogP contribution >= 0.6 is 11.8 Å². The monoisotopic (exact) mass is 459 g/mol. The Kier molecular flexibility index (Phi) is 12.2. The lowest BCUT2D eigenvalue weighted by atomic mass is 10.2. The molecular weight excluding hydrogens is 435 g/mol. The second-order valence-corrected chi connectivity index (χ2v) is 7.26. The predicted molar refractivity (Wildman–Crippen MR) is 112 cm³/mol. The third-order valence-corrected chi connectivity index (χ3v) is 4.61. The van der Waals surface area contributed by atoms with Crippen LogP contribution < -0.4 is 10.1 Å². The molecule has 2 rings (SSSR count). The molecule has 0 bridgehead atoms. The molecule has 6 nitrogen and oxygen atoms in total. The van der Waals surface area contributed by atoms with Crippen LogP contribution in [0.4, 0.5) is 13.2 Å². The van der Waals surface area contributed by atoms with Crippen molar-refractivity contribution < 1.29 is 37.7 Å². The highest BCUT2D eigenvalue weighted by molar-refractivity contribution is 7.98. The van der Waals surface area contributed by atoms with Crippen molar-refractivity contribution in [2.75, 3.05) is 18.9 Å². The van der Waals surface area contributed by atoms with Gasteiger partial charge >= 0.3 is 18.1 Å². The highest BCUT2D eigenvalue weighted by Gasteiger charge is 2.38. The lowest BCUT2D eigenvalue weighted by Crippen LogP contribution is -2.21. The molecule has 0 aliphatic heterocycles. The average Bonchev–Trinajstić information content (AvgIpc) is 2.72. The van der Waals surface area contributed by atoms with Gasteiger partial charge in [0, 0.05) is 24.6 Å². The van der Waals surface area contributed by atoms with Gasteiger partial charge in [-0.1, -0.05) is 42.5 Å². The zero-order valence-electron chi connectivity index (χ0n) is 16.6. The summed E-state index contributed by atoms with van der Waals surface area (Å²) in [7, 11) is 0. The summed E-state index contributed by atoms with van der Waals surface area (Å²) in [5.41, 5.74) is 2.45. The number of alkyl halides is 3. The van der Waals surface area contributed by atoms with Gasteiger partial charge < -0.3 is 20.3 Å². The Bertz CT molecular complexity index is 786. The van der Waals surface area contributed by atoms with Gasteiger partial charge in [0.2, 0.25) is 0 Å². The number of carbonyl (C=O) groups is 2. The van der Waals surface area contributed by atoms with Gasteiger partial charge in [0.15, 0.2) is 0 Å². The van der Waals surface area contributed by atoms with E-state index in [0.29, 0.717) is 19.7 Å². The quantitative estimate of drug-likeness (QED) is 0.434. The smallest absolute Gasteiger partial charge is 0.490 e. The van der Waals surface area contributed by atoms with Gasteiger partial charge in [-0.05, 0) is 23.3 Å². The van der Waals surface area contributed by atoms with Crippen molar-refractivity contribution in [3.63, 3.8) is 0 Å². The lowest BCUT2D eigenvalue weighted by Gasteiger charge is -2.08. The summed E-state index contributed by atoms with van der Waals surface area (Å²) >= 11 is 1.86. The number of carboxylic acid groups (broad SMARTS) is 2. The number of thioether (sulfide) groups is 1. The number of ether oxygens (including phenoxy) is 1. The summed E-state index contributed by atoms with van der Waals surface area (Å²) in [5, 5.41) is 18.8. The zero-order chi connectivity index (χ0) is 23.1. The number of aliphatic carboxylic acids is 2. The normalized spacial score (nSPS) is 10.7. The van der Waals surface area contributed by atoms with Crippen LogP contribution in [0.15, 0.2) is 54.6 Å². The fraction of sp³-hybridized carbons (Fsp3) is 0.333. The molecule has 0 saturated carbocycles. The SMILES string of the molecule is O=C(O)C(F)(F)F.O=C(O)CCNCc1ccc(OCCSCc2ccccc2)cc1. The molecule has 170 valence electrons. The summed E-state index contributed by atoms with van der Waals surface area (Å²) in [6.45, 7) is 1.83. The van der Waals surface area contributed by atoms with Crippen LogP contribution in [0.5, 0.6) is 5.75 Å². The number of rotatable bonds is 11. The Hall–Kier alpha value is -2.72. The van der Waals surface area contributed by atoms with E-state index in [9.17, 15) is 18.0 Å². The Morgan fingerprint density at radius 2 is 1.58 bits per heavy atom. The fourth-order valence-corrected chi connectivity index (χ4v) is 2.89. The standard InChI is InChI=1S/C19H23NO3S.C2HF3O2/c21-19(22)10-11-20-14-16-6-8-18(9-7-16)23-12-13-24-15-17-4-2-1-3-5-17;3-2(4,5)1(6)7/h1-9,20H,10-15H2,(H,21,22);(H,6,7). The third kappa shape index (κ3) is 13.2. The first kappa shape index (κ1) is 26.3. The van der Waals surface area contributed by atoms with Gasteiger partial charge in [0.05, 0.1) is 13.0 Å². The van der Waals surface area contributed by atoms with Gasteiger partial charge in [-0.2, -0.15) is 24.9 Å². The molecule has 0 aliphatic carbocycles. The van der Waals surface area contributed by atoms with Crippen LogP contribution in [0.3, 0.4) is 0 Å². The van der Waals surface area contributed by atoms with E-state index in [1.807, 2.05) is 42.1 Å². The van der Waals surface area contributed by atoms with Gasteiger partial charge in [0.1, 0.15) is 5.75 Å². The van der Waals surface area contributed by atoms with Crippen molar-refractivity contribution in [2.45, 2.75) is 24.9 Å². The Morgan fingerprint density at radius 3 is 2.13 bits per heavy atom. The minimum Gasteiger partial charge on any atom is -0.493 e. The molecule has 10 heteroatoms. The van der Waals surface area contributed by atoms with E-state index >= 15 is 0 Å². The molecule has 0 unspecified atom stereocenters. The second-order valence-electron chi connectivity index (χ2n) is 6.15.